The van der Waals surface area contributed by atoms with Gasteiger partial charge in [0.25, 0.3) is 5.91 Å². The van der Waals surface area contributed by atoms with E-state index < -0.39 is 6.04 Å². The zero-order chi connectivity index (χ0) is 21.6. The fraction of sp³-hybridized carbons (Fsp3) is 0.364. The highest BCUT2D eigenvalue weighted by atomic mass is 35.5. The highest BCUT2D eigenvalue weighted by Crippen LogP contribution is 2.27. The quantitative estimate of drug-likeness (QED) is 0.660. The molecule has 0 aromatic heterocycles. The number of nitrogens with one attached hydrogen (secondary N) is 1. The number of aryl methyl sites for hydroxylation is 1. The van der Waals surface area contributed by atoms with E-state index in [-0.39, 0.29) is 25.0 Å². The predicted molar refractivity (Wildman–Crippen MR) is 117 cm³/mol. The average Bonchev–Trinajstić information content (AvgIpc) is 2.70. The molecule has 0 spiro atoms. The molecule has 0 unspecified atom stereocenters. The Morgan fingerprint density at radius 1 is 1.10 bits per heavy atom. The van der Waals surface area contributed by atoms with Gasteiger partial charge in [0.1, 0.15) is 11.8 Å². The summed E-state index contributed by atoms with van der Waals surface area (Å²) in [7, 11) is 1.54. The predicted octanol–water partition coefficient (Wildman–Crippen LogP) is 4.54. The molecule has 0 saturated carbocycles. The summed E-state index contributed by atoms with van der Waals surface area (Å²) in [5.41, 5.74) is 2.64. The maximum atomic E-state index is 13.1. The number of carbonyl (C=O) groups is 2. The van der Waals surface area contributed by atoms with Crippen molar-refractivity contribution in [2.24, 2.45) is 0 Å². The van der Waals surface area contributed by atoms with Crippen LogP contribution in [0.3, 0.4) is 0 Å². The van der Waals surface area contributed by atoms with Crippen molar-refractivity contribution in [3.8, 4) is 5.75 Å². The van der Waals surface area contributed by atoms with Gasteiger partial charge in [0.05, 0.1) is 0 Å². The smallest absolute Gasteiger partial charge is 0.261 e. The fourth-order valence-corrected chi connectivity index (χ4v) is 3.56. The Morgan fingerprint density at radius 2 is 1.72 bits per heavy atom. The summed E-state index contributed by atoms with van der Waals surface area (Å²) in [6, 6.07) is 10.2. The van der Waals surface area contributed by atoms with Crippen LogP contribution in [0.4, 0.5) is 0 Å². The van der Waals surface area contributed by atoms with Gasteiger partial charge in [-0.25, -0.2) is 0 Å². The molecule has 156 valence electrons. The SMILES string of the molecule is CC[C@H](C(=O)NC)N(Cc1c(Cl)cccc1Cl)C(=O)COc1cccc(C)c1C. The number of nitrogens with zero attached hydrogens (tertiary/aromatic N) is 1. The van der Waals surface area contributed by atoms with Crippen molar-refractivity contribution in [1.29, 1.82) is 0 Å². The van der Waals surface area contributed by atoms with Gasteiger partial charge in [-0.15, -0.1) is 0 Å². The zero-order valence-corrected chi connectivity index (χ0v) is 18.6. The molecular weight excluding hydrogens is 411 g/mol. The second kappa shape index (κ2) is 10.5. The van der Waals surface area contributed by atoms with Crippen molar-refractivity contribution in [3.05, 3.63) is 63.1 Å². The van der Waals surface area contributed by atoms with E-state index in [1.807, 2.05) is 39.0 Å². The molecule has 2 amide bonds. The van der Waals surface area contributed by atoms with E-state index in [0.717, 1.165) is 11.1 Å². The number of amides is 2. The first kappa shape index (κ1) is 23.0. The number of halogens is 2. The van der Waals surface area contributed by atoms with E-state index in [2.05, 4.69) is 5.32 Å². The van der Waals surface area contributed by atoms with Crippen molar-refractivity contribution in [2.45, 2.75) is 39.8 Å². The molecule has 29 heavy (non-hydrogen) atoms. The van der Waals surface area contributed by atoms with Gasteiger partial charge >= 0.3 is 0 Å². The second-order valence-electron chi connectivity index (χ2n) is 6.75. The Kier molecular flexibility index (Phi) is 8.35. The number of likely N-dealkylation sites (N-methyl/N-ethyl adjacent to an activating group) is 1. The van der Waals surface area contributed by atoms with Gasteiger partial charge in [0, 0.05) is 29.2 Å². The van der Waals surface area contributed by atoms with Gasteiger partial charge in [-0.1, -0.05) is 48.3 Å². The van der Waals surface area contributed by atoms with Crippen LogP contribution in [0.5, 0.6) is 5.75 Å². The minimum Gasteiger partial charge on any atom is -0.483 e. The van der Waals surface area contributed by atoms with E-state index in [1.165, 1.54) is 4.90 Å². The molecule has 0 radical (unpaired) electrons. The van der Waals surface area contributed by atoms with E-state index >= 15 is 0 Å². The lowest BCUT2D eigenvalue weighted by atomic mass is 10.1. The van der Waals surface area contributed by atoms with Crippen molar-refractivity contribution >= 4 is 35.0 Å². The molecule has 0 fully saturated rings. The van der Waals surface area contributed by atoms with Gasteiger partial charge in [0.2, 0.25) is 5.91 Å². The molecular formula is C22H26Cl2N2O3. The van der Waals surface area contributed by atoms with Gasteiger partial charge in [-0.3, -0.25) is 9.59 Å². The average molecular weight is 437 g/mol. The van der Waals surface area contributed by atoms with Gasteiger partial charge in [-0.2, -0.15) is 0 Å². The molecule has 1 atom stereocenters. The molecule has 2 aromatic carbocycles. The van der Waals surface area contributed by atoms with Crippen molar-refractivity contribution < 1.29 is 14.3 Å². The number of benzene rings is 2. The molecule has 0 saturated heterocycles. The van der Waals surface area contributed by atoms with E-state index in [9.17, 15) is 9.59 Å². The standard InChI is InChI=1S/C22H26Cl2N2O3/c1-5-19(22(28)25-4)26(12-16-17(23)9-7-10-18(16)24)21(27)13-29-20-11-6-8-14(2)15(20)3/h6-11,19H,5,12-13H2,1-4H3,(H,25,28)/t19-/m1/s1. The molecule has 0 bridgehead atoms. The maximum absolute atomic E-state index is 13.1. The number of carbonyl (C=O) groups excluding carboxylic acids is 2. The van der Waals surface area contributed by atoms with Gasteiger partial charge in [-0.05, 0) is 49.6 Å². The molecule has 2 aromatic rings. The Balaban J connectivity index is 2.29. The Hall–Kier alpha value is -2.24. The van der Waals surface area contributed by atoms with Crippen LogP contribution in [-0.2, 0) is 16.1 Å². The summed E-state index contributed by atoms with van der Waals surface area (Å²) in [5.74, 6) is 0.0650. The van der Waals surface area contributed by atoms with Crippen molar-refractivity contribution in [1.82, 2.24) is 10.2 Å². The van der Waals surface area contributed by atoms with Crippen LogP contribution < -0.4 is 10.1 Å². The summed E-state index contributed by atoms with van der Waals surface area (Å²) in [4.78, 5) is 27.0. The summed E-state index contributed by atoms with van der Waals surface area (Å²) < 4.78 is 5.78. The number of hydrogen-bond donors (Lipinski definition) is 1. The van der Waals surface area contributed by atoms with Crippen LogP contribution in [0.25, 0.3) is 0 Å². The Morgan fingerprint density at radius 3 is 2.31 bits per heavy atom. The third-order valence-corrected chi connectivity index (χ3v) is 5.64. The molecule has 0 aliphatic rings. The number of rotatable bonds is 8. The topological polar surface area (TPSA) is 58.6 Å². The first-order chi connectivity index (χ1) is 13.8. The van der Waals surface area contributed by atoms with E-state index in [1.54, 1.807) is 25.2 Å². The van der Waals surface area contributed by atoms with Crippen LogP contribution in [0.2, 0.25) is 10.0 Å². The molecule has 1 N–H and O–H groups in total. The minimum absolute atomic E-state index is 0.111. The summed E-state index contributed by atoms with van der Waals surface area (Å²) >= 11 is 12.6. The molecule has 0 heterocycles. The van der Waals surface area contributed by atoms with Crippen LogP contribution in [0, 0.1) is 13.8 Å². The lowest BCUT2D eigenvalue weighted by Crippen LogP contribution is -2.49. The lowest BCUT2D eigenvalue weighted by molar-refractivity contribution is -0.142. The van der Waals surface area contributed by atoms with Crippen molar-refractivity contribution in [2.75, 3.05) is 13.7 Å². The van der Waals surface area contributed by atoms with Crippen LogP contribution in [-0.4, -0.2) is 36.4 Å². The first-order valence-corrected chi connectivity index (χ1v) is 10.2. The molecule has 0 aliphatic carbocycles. The zero-order valence-electron chi connectivity index (χ0n) is 17.1. The van der Waals surface area contributed by atoms with Crippen LogP contribution in [0.1, 0.15) is 30.0 Å². The highest BCUT2D eigenvalue weighted by Gasteiger charge is 2.29. The normalized spacial score (nSPS) is 11.7. The Bertz CT molecular complexity index is 866. The summed E-state index contributed by atoms with van der Waals surface area (Å²) in [5, 5.41) is 3.50. The maximum Gasteiger partial charge on any atom is 0.261 e. The molecule has 0 aliphatic heterocycles. The van der Waals surface area contributed by atoms with Gasteiger partial charge < -0.3 is 15.0 Å². The summed E-state index contributed by atoms with van der Waals surface area (Å²) in [6.45, 7) is 5.68. The molecule has 5 nitrogen and oxygen atoms in total. The molecule has 2 rings (SSSR count). The number of ether oxygens (including phenoxy) is 1. The third-order valence-electron chi connectivity index (χ3n) is 4.93. The largest absolute Gasteiger partial charge is 0.483 e. The number of hydrogen-bond acceptors (Lipinski definition) is 3. The summed E-state index contributed by atoms with van der Waals surface area (Å²) in [6.07, 6.45) is 0.441. The van der Waals surface area contributed by atoms with Crippen LogP contribution >= 0.6 is 23.2 Å². The van der Waals surface area contributed by atoms with Crippen LogP contribution in [0.15, 0.2) is 36.4 Å². The van der Waals surface area contributed by atoms with E-state index in [0.29, 0.717) is 27.8 Å². The fourth-order valence-electron chi connectivity index (χ4n) is 3.04. The van der Waals surface area contributed by atoms with Gasteiger partial charge in [0.15, 0.2) is 6.61 Å². The Labute approximate surface area is 181 Å². The van der Waals surface area contributed by atoms with E-state index in [4.69, 9.17) is 27.9 Å². The lowest BCUT2D eigenvalue weighted by Gasteiger charge is -2.30. The van der Waals surface area contributed by atoms with Crippen molar-refractivity contribution in [3.63, 3.8) is 0 Å². The highest BCUT2D eigenvalue weighted by molar-refractivity contribution is 6.36. The minimum atomic E-state index is -0.665. The molecule has 7 heteroatoms. The second-order valence-corrected chi connectivity index (χ2v) is 7.56. The third kappa shape index (κ3) is 5.64. The first-order valence-electron chi connectivity index (χ1n) is 9.43. The monoisotopic (exact) mass is 436 g/mol.